The molecule has 23 heavy (non-hydrogen) atoms. The van der Waals surface area contributed by atoms with Crippen molar-refractivity contribution < 1.29 is 23.8 Å². The van der Waals surface area contributed by atoms with E-state index >= 15 is 0 Å². The van der Waals surface area contributed by atoms with Crippen molar-refractivity contribution in [1.82, 2.24) is 0 Å². The van der Waals surface area contributed by atoms with Crippen LogP contribution in [-0.4, -0.2) is 26.1 Å². The molecule has 0 unspecified atom stereocenters. The highest BCUT2D eigenvalue weighted by Gasteiger charge is 2.11. The molecule has 0 saturated carbocycles. The summed E-state index contributed by atoms with van der Waals surface area (Å²) < 4.78 is 15.3. The first-order valence-corrected chi connectivity index (χ1v) is 6.85. The molecule has 2 aromatic rings. The fourth-order valence-corrected chi connectivity index (χ4v) is 1.95. The number of hydrogen-bond acceptors (Lipinski definition) is 5. The summed E-state index contributed by atoms with van der Waals surface area (Å²) in [4.78, 5) is 23.2. The minimum atomic E-state index is -0.414. The van der Waals surface area contributed by atoms with Crippen LogP contribution >= 0.6 is 0 Å². The lowest BCUT2D eigenvalue weighted by atomic mass is 10.2. The second kappa shape index (κ2) is 7.31. The van der Waals surface area contributed by atoms with Crippen LogP contribution in [0.2, 0.25) is 0 Å². The van der Waals surface area contributed by atoms with Crippen molar-refractivity contribution in [3.63, 3.8) is 0 Å². The number of amides is 1. The largest absolute Gasteiger partial charge is 0.497 e. The molecule has 2 rings (SSSR count). The van der Waals surface area contributed by atoms with E-state index in [1.807, 2.05) is 0 Å². The summed E-state index contributed by atoms with van der Waals surface area (Å²) in [5.74, 6) is 0.782. The number of carbonyl (C=O) groups is 2. The number of anilines is 1. The van der Waals surface area contributed by atoms with Crippen LogP contribution in [0.3, 0.4) is 0 Å². The lowest BCUT2D eigenvalue weighted by molar-refractivity contribution is -0.131. The topological polar surface area (TPSA) is 73.9 Å². The second-order valence-corrected chi connectivity index (χ2v) is 4.64. The number of ether oxygens (including phenoxy) is 3. The Kier molecular flexibility index (Phi) is 5.19. The molecule has 0 heterocycles. The van der Waals surface area contributed by atoms with Crippen molar-refractivity contribution in [2.24, 2.45) is 0 Å². The van der Waals surface area contributed by atoms with E-state index < -0.39 is 5.97 Å². The molecule has 0 fully saturated rings. The van der Waals surface area contributed by atoms with Gasteiger partial charge < -0.3 is 19.5 Å². The number of benzene rings is 2. The average molecular weight is 315 g/mol. The molecule has 6 heteroatoms. The Labute approximate surface area is 134 Å². The predicted octanol–water partition coefficient (Wildman–Crippen LogP) is 2.88. The monoisotopic (exact) mass is 315 g/mol. The van der Waals surface area contributed by atoms with E-state index in [2.05, 4.69) is 5.32 Å². The molecule has 0 saturated heterocycles. The summed E-state index contributed by atoms with van der Waals surface area (Å²) in [6.07, 6.45) is 0. The van der Waals surface area contributed by atoms with Gasteiger partial charge in [0, 0.05) is 18.6 Å². The van der Waals surface area contributed by atoms with Crippen LogP contribution in [0.25, 0.3) is 0 Å². The van der Waals surface area contributed by atoms with Crippen molar-refractivity contribution >= 4 is 17.6 Å². The lowest BCUT2D eigenvalue weighted by Gasteiger charge is -2.12. The first-order chi connectivity index (χ1) is 11.0. The van der Waals surface area contributed by atoms with Gasteiger partial charge in [0.15, 0.2) is 0 Å². The minimum Gasteiger partial charge on any atom is -0.497 e. The normalized spacial score (nSPS) is 9.87. The van der Waals surface area contributed by atoms with Crippen LogP contribution in [0.1, 0.15) is 17.3 Å². The van der Waals surface area contributed by atoms with Gasteiger partial charge in [-0.05, 0) is 36.4 Å². The highest BCUT2D eigenvalue weighted by atomic mass is 16.5. The van der Waals surface area contributed by atoms with E-state index in [0.29, 0.717) is 28.5 Å². The average Bonchev–Trinajstić information content (AvgIpc) is 2.54. The summed E-state index contributed by atoms with van der Waals surface area (Å²) in [5.41, 5.74) is 0.923. The van der Waals surface area contributed by atoms with E-state index in [9.17, 15) is 9.59 Å². The molecule has 2 aromatic carbocycles. The van der Waals surface area contributed by atoms with Crippen LogP contribution in [-0.2, 0) is 4.79 Å². The van der Waals surface area contributed by atoms with Crippen LogP contribution in [0, 0.1) is 0 Å². The van der Waals surface area contributed by atoms with Gasteiger partial charge in [0.05, 0.1) is 19.9 Å². The SMILES string of the molecule is COc1ccc(OC)c(NC(=O)c2ccc(OC(C)=O)cc2)c1. The molecule has 1 N–H and O–H groups in total. The van der Waals surface area contributed by atoms with Crippen LogP contribution in [0.15, 0.2) is 42.5 Å². The molecule has 0 aliphatic carbocycles. The van der Waals surface area contributed by atoms with Gasteiger partial charge in [-0.3, -0.25) is 9.59 Å². The molecule has 0 atom stereocenters. The third kappa shape index (κ3) is 4.23. The number of rotatable bonds is 5. The van der Waals surface area contributed by atoms with E-state index in [-0.39, 0.29) is 5.91 Å². The number of nitrogens with one attached hydrogen (secondary N) is 1. The summed E-state index contributed by atoms with van der Waals surface area (Å²) in [7, 11) is 3.06. The molecule has 0 aliphatic heterocycles. The molecule has 1 amide bonds. The third-order valence-electron chi connectivity index (χ3n) is 3.03. The quantitative estimate of drug-likeness (QED) is 0.678. The molecule has 0 radical (unpaired) electrons. The van der Waals surface area contributed by atoms with E-state index in [1.54, 1.807) is 49.6 Å². The summed E-state index contributed by atoms with van der Waals surface area (Å²) in [5, 5.41) is 2.76. The zero-order valence-corrected chi connectivity index (χ0v) is 13.1. The summed E-state index contributed by atoms with van der Waals surface area (Å²) in [6.45, 7) is 1.32. The first-order valence-electron chi connectivity index (χ1n) is 6.85. The number of methoxy groups -OCH3 is 2. The second-order valence-electron chi connectivity index (χ2n) is 4.64. The maximum Gasteiger partial charge on any atom is 0.308 e. The fraction of sp³-hybridized carbons (Fsp3) is 0.176. The first kappa shape index (κ1) is 16.4. The highest BCUT2D eigenvalue weighted by Crippen LogP contribution is 2.29. The Morgan fingerprint density at radius 3 is 2.13 bits per heavy atom. The van der Waals surface area contributed by atoms with Gasteiger partial charge in [0.25, 0.3) is 5.91 Å². The molecular formula is C17H17NO5. The van der Waals surface area contributed by atoms with Gasteiger partial charge in [-0.1, -0.05) is 0 Å². The van der Waals surface area contributed by atoms with Crippen molar-refractivity contribution in [2.75, 3.05) is 19.5 Å². The van der Waals surface area contributed by atoms with Gasteiger partial charge in [-0.15, -0.1) is 0 Å². The predicted molar refractivity (Wildman–Crippen MR) is 85.3 cm³/mol. The highest BCUT2D eigenvalue weighted by molar-refractivity contribution is 6.05. The zero-order valence-electron chi connectivity index (χ0n) is 13.1. The van der Waals surface area contributed by atoms with Gasteiger partial charge in [0.1, 0.15) is 17.2 Å². The van der Waals surface area contributed by atoms with Crippen molar-refractivity contribution in [1.29, 1.82) is 0 Å². The molecule has 0 spiro atoms. The Morgan fingerprint density at radius 2 is 1.57 bits per heavy atom. The fourth-order valence-electron chi connectivity index (χ4n) is 1.95. The van der Waals surface area contributed by atoms with Gasteiger partial charge >= 0.3 is 5.97 Å². The Bertz CT molecular complexity index is 709. The maximum atomic E-state index is 12.3. The molecular weight excluding hydrogens is 298 g/mol. The van der Waals surface area contributed by atoms with Gasteiger partial charge in [0.2, 0.25) is 0 Å². The summed E-state index contributed by atoms with van der Waals surface area (Å²) in [6, 6.07) is 11.4. The van der Waals surface area contributed by atoms with Gasteiger partial charge in [-0.25, -0.2) is 0 Å². The van der Waals surface area contributed by atoms with Gasteiger partial charge in [-0.2, -0.15) is 0 Å². The van der Waals surface area contributed by atoms with Crippen LogP contribution < -0.4 is 19.5 Å². The lowest BCUT2D eigenvalue weighted by Crippen LogP contribution is -2.12. The molecule has 0 bridgehead atoms. The number of hydrogen-bond donors (Lipinski definition) is 1. The van der Waals surface area contributed by atoms with E-state index in [4.69, 9.17) is 14.2 Å². The molecule has 0 aromatic heterocycles. The van der Waals surface area contributed by atoms with E-state index in [1.165, 1.54) is 14.0 Å². The summed E-state index contributed by atoms with van der Waals surface area (Å²) >= 11 is 0. The smallest absolute Gasteiger partial charge is 0.308 e. The molecule has 120 valence electrons. The standard InChI is InChI=1S/C17H17NO5/c1-11(19)23-13-6-4-12(5-7-13)17(20)18-15-10-14(21-2)8-9-16(15)22-3/h4-10H,1-3H3,(H,18,20). The Morgan fingerprint density at radius 1 is 0.913 bits per heavy atom. The Balaban J connectivity index is 2.17. The van der Waals surface area contributed by atoms with Crippen molar-refractivity contribution in [3.05, 3.63) is 48.0 Å². The van der Waals surface area contributed by atoms with Crippen molar-refractivity contribution in [2.45, 2.75) is 6.92 Å². The Hall–Kier alpha value is -3.02. The number of esters is 1. The van der Waals surface area contributed by atoms with Crippen LogP contribution in [0.4, 0.5) is 5.69 Å². The maximum absolute atomic E-state index is 12.3. The molecule has 0 aliphatic rings. The number of carbonyl (C=O) groups excluding carboxylic acids is 2. The van der Waals surface area contributed by atoms with E-state index in [0.717, 1.165) is 0 Å². The third-order valence-corrected chi connectivity index (χ3v) is 3.03. The zero-order chi connectivity index (χ0) is 16.8. The molecule has 6 nitrogen and oxygen atoms in total. The van der Waals surface area contributed by atoms with Crippen molar-refractivity contribution in [3.8, 4) is 17.2 Å². The van der Waals surface area contributed by atoms with Crippen LogP contribution in [0.5, 0.6) is 17.2 Å². The minimum absolute atomic E-state index is 0.314.